The number of hydrogen-bond donors (Lipinski definition) is 2. The number of nitrogen functional groups attached to an aromatic ring is 1. The summed E-state index contributed by atoms with van der Waals surface area (Å²) in [5.74, 6) is -1.71. The van der Waals surface area contributed by atoms with Crippen LogP contribution in [0.25, 0.3) is 32.1 Å². The summed E-state index contributed by atoms with van der Waals surface area (Å²) in [6, 6.07) is 4.48. The number of aromatic nitrogens is 2. The largest absolute Gasteiger partial charge is 0.463 e. The van der Waals surface area contributed by atoms with E-state index in [2.05, 4.69) is 15.3 Å². The Morgan fingerprint density at radius 1 is 1.16 bits per heavy atom. The molecule has 5 heterocycles. The van der Waals surface area contributed by atoms with Gasteiger partial charge in [-0.2, -0.15) is 28.4 Å². The molecule has 0 spiro atoms. The maximum atomic E-state index is 16.7. The summed E-state index contributed by atoms with van der Waals surface area (Å²) >= 11 is 0.720. The zero-order valence-electron chi connectivity index (χ0n) is 22.6. The van der Waals surface area contributed by atoms with Crippen LogP contribution in [0.4, 0.5) is 32.8 Å². The maximum Gasteiger partial charge on any atom is 0.417 e. The van der Waals surface area contributed by atoms with Crippen LogP contribution in [0.1, 0.15) is 30.4 Å². The molecule has 3 aliphatic rings. The molecule has 2 unspecified atom stereocenters. The van der Waals surface area contributed by atoms with Gasteiger partial charge in [0.1, 0.15) is 28.2 Å². The van der Waals surface area contributed by atoms with Crippen molar-refractivity contribution in [3.8, 4) is 23.2 Å². The van der Waals surface area contributed by atoms with Crippen molar-refractivity contribution in [1.29, 1.82) is 5.26 Å². The number of nitrogens with one attached hydrogen (secondary N) is 1. The van der Waals surface area contributed by atoms with Gasteiger partial charge in [-0.05, 0) is 42.9 Å². The second-order valence-corrected chi connectivity index (χ2v) is 12.1. The fourth-order valence-corrected chi connectivity index (χ4v) is 7.33. The van der Waals surface area contributed by atoms with Gasteiger partial charge < -0.3 is 25.4 Å². The van der Waals surface area contributed by atoms with Gasteiger partial charge in [0.05, 0.1) is 22.4 Å². The van der Waals surface area contributed by atoms with Crippen LogP contribution in [0.3, 0.4) is 0 Å². The summed E-state index contributed by atoms with van der Waals surface area (Å²) in [6.45, 7) is 2.64. The molecule has 8 nitrogen and oxygen atoms in total. The maximum absolute atomic E-state index is 16.7. The number of rotatable bonds is 5. The zero-order valence-corrected chi connectivity index (χ0v) is 23.4. The predicted octanol–water partition coefficient (Wildman–Crippen LogP) is 5.62. The molecule has 3 N–H and O–H groups in total. The molecule has 14 heteroatoms. The molecule has 3 fully saturated rings. The smallest absolute Gasteiger partial charge is 0.417 e. The van der Waals surface area contributed by atoms with Gasteiger partial charge in [-0.25, -0.2) is 8.78 Å². The van der Waals surface area contributed by atoms with Gasteiger partial charge in [0.15, 0.2) is 5.82 Å². The van der Waals surface area contributed by atoms with Crippen molar-refractivity contribution in [3.05, 3.63) is 41.0 Å². The van der Waals surface area contributed by atoms with E-state index in [1.165, 1.54) is 0 Å². The first-order valence-corrected chi connectivity index (χ1v) is 14.7. The van der Waals surface area contributed by atoms with Gasteiger partial charge in [0.2, 0.25) is 0 Å². The molecule has 224 valence electrons. The lowest BCUT2D eigenvalue weighted by molar-refractivity contribution is -0.137. The monoisotopic (exact) mass is 616 g/mol. The second-order valence-electron chi connectivity index (χ2n) is 11.1. The highest BCUT2D eigenvalue weighted by molar-refractivity contribution is 7.23. The Labute approximate surface area is 246 Å². The van der Waals surface area contributed by atoms with E-state index in [4.69, 9.17) is 15.2 Å². The second kappa shape index (κ2) is 10.4. The Bertz CT molecular complexity index is 1780. The average Bonchev–Trinajstić information content (AvgIpc) is 3.34. The van der Waals surface area contributed by atoms with Crippen LogP contribution in [0.15, 0.2) is 18.2 Å². The number of thiophene rings is 1. The lowest BCUT2D eigenvalue weighted by Gasteiger charge is -2.54. The molecule has 0 amide bonds. The van der Waals surface area contributed by atoms with Crippen LogP contribution in [0.2, 0.25) is 0 Å². The lowest BCUT2D eigenvalue weighted by atomic mass is 9.87. The van der Waals surface area contributed by atoms with Crippen molar-refractivity contribution in [3.63, 3.8) is 0 Å². The third-order valence-corrected chi connectivity index (χ3v) is 9.55. The number of hydrogen-bond acceptors (Lipinski definition) is 9. The number of piperidine rings is 1. The quantitative estimate of drug-likeness (QED) is 0.278. The van der Waals surface area contributed by atoms with E-state index in [-0.39, 0.29) is 73.6 Å². The van der Waals surface area contributed by atoms with Crippen LogP contribution in [-0.2, 0) is 10.9 Å². The number of fused-ring (bicyclic) bond motifs is 4. The Morgan fingerprint density at radius 2 is 1.91 bits per heavy atom. The standard InChI is InChI=1S/C29H25F5N6O2S/c30-20-2-1-16(21-18(9-35)26(36)43-25(20)21)22-19(29(32,33)34)8-17-24(23(22)31)38-28(42-12-13-3-5-41-6-4-13)39-27(17)40-14-7-15(40)11-37-10-14/h1-2,8,13-15,37H,3-7,10-12,36H2. The Balaban J connectivity index is 1.48. The van der Waals surface area contributed by atoms with E-state index in [1.807, 2.05) is 11.0 Å². The van der Waals surface area contributed by atoms with E-state index in [0.717, 1.165) is 48.8 Å². The first-order chi connectivity index (χ1) is 20.7. The van der Waals surface area contributed by atoms with Crippen LogP contribution < -0.4 is 20.7 Å². The molecular weight excluding hydrogens is 591 g/mol. The SMILES string of the molecule is N#Cc1c(N)sc2c(F)ccc(-c3c(C(F)(F)F)cc4c(N5C6CNCC5C6)nc(OCC5CCOCC5)nc4c3F)c12. The highest BCUT2D eigenvalue weighted by Crippen LogP contribution is 2.49. The average molecular weight is 617 g/mol. The van der Waals surface area contributed by atoms with Crippen molar-refractivity contribution in [2.75, 3.05) is 43.5 Å². The molecule has 2 aromatic carbocycles. The molecule has 2 bridgehead atoms. The minimum Gasteiger partial charge on any atom is -0.463 e. The number of halogens is 5. The number of benzene rings is 2. The normalized spacial score (nSPS) is 20.8. The highest BCUT2D eigenvalue weighted by Gasteiger charge is 2.44. The van der Waals surface area contributed by atoms with Crippen molar-refractivity contribution in [2.45, 2.75) is 37.5 Å². The number of nitriles is 1. The third-order valence-electron chi connectivity index (χ3n) is 8.52. The number of alkyl halides is 3. The molecule has 4 aromatic rings. The van der Waals surface area contributed by atoms with E-state index >= 15 is 4.39 Å². The summed E-state index contributed by atoms with van der Waals surface area (Å²) in [4.78, 5) is 10.7. The molecule has 7 rings (SSSR count). The van der Waals surface area contributed by atoms with E-state index in [0.29, 0.717) is 26.3 Å². The highest BCUT2D eigenvalue weighted by atomic mass is 32.1. The Kier molecular flexibility index (Phi) is 6.79. The van der Waals surface area contributed by atoms with Crippen LogP contribution in [-0.4, -0.2) is 55.0 Å². The van der Waals surface area contributed by atoms with E-state index in [9.17, 15) is 22.8 Å². The fraction of sp³-hybridized carbons (Fsp3) is 0.414. The summed E-state index contributed by atoms with van der Waals surface area (Å²) in [7, 11) is 0. The molecule has 2 aromatic heterocycles. The summed E-state index contributed by atoms with van der Waals surface area (Å²) < 4.78 is 87.0. The topological polar surface area (TPSA) is 109 Å². The number of nitrogens with zero attached hydrogens (tertiary/aromatic N) is 4. The molecule has 0 saturated carbocycles. The molecule has 0 radical (unpaired) electrons. The number of anilines is 2. The minimum absolute atomic E-state index is 0.0269. The van der Waals surface area contributed by atoms with Crippen LogP contribution in [0.5, 0.6) is 6.01 Å². The molecule has 3 saturated heterocycles. The summed E-state index contributed by atoms with van der Waals surface area (Å²) in [5, 5.41) is 12.6. The summed E-state index contributed by atoms with van der Waals surface area (Å²) in [6.07, 6.45) is -2.66. The first-order valence-electron chi connectivity index (χ1n) is 13.9. The van der Waals surface area contributed by atoms with Crippen LogP contribution in [0, 0.1) is 28.9 Å². The van der Waals surface area contributed by atoms with Gasteiger partial charge in [-0.3, -0.25) is 0 Å². The number of ether oxygens (including phenoxy) is 2. The molecular formula is C29H25F5N6O2S. The minimum atomic E-state index is -5.01. The van der Waals surface area contributed by atoms with Gasteiger partial charge in [0, 0.05) is 54.7 Å². The molecule has 2 atom stereocenters. The summed E-state index contributed by atoms with van der Waals surface area (Å²) in [5.41, 5.74) is 2.92. The predicted molar refractivity (Wildman–Crippen MR) is 151 cm³/mol. The van der Waals surface area contributed by atoms with Crippen LogP contribution >= 0.6 is 11.3 Å². The molecule has 43 heavy (non-hydrogen) atoms. The Morgan fingerprint density at radius 3 is 2.58 bits per heavy atom. The van der Waals surface area contributed by atoms with Gasteiger partial charge >= 0.3 is 12.2 Å². The van der Waals surface area contributed by atoms with E-state index < -0.39 is 28.9 Å². The van der Waals surface area contributed by atoms with E-state index in [1.54, 1.807) is 0 Å². The van der Waals surface area contributed by atoms with Crippen molar-refractivity contribution in [1.82, 2.24) is 15.3 Å². The first kappa shape index (κ1) is 28.0. The Hall–Kier alpha value is -3.80. The van der Waals surface area contributed by atoms with Crippen molar-refractivity contribution >= 4 is 43.1 Å². The van der Waals surface area contributed by atoms with Gasteiger partial charge in [0.25, 0.3) is 0 Å². The lowest BCUT2D eigenvalue weighted by Crippen LogP contribution is -2.68. The fourth-order valence-electron chi connectivity index (χ4n) is 6.38. The zero-order chi connectivity index (χ0) is 30.0. The van der Waals surface area contributed by atoms with Gasteiger partial charge in [-0.1, -0.05) is 6.07 Å². The number of nitrogens with two attached hydrogens (primary N) is 1. The van der Waals surface area contributed by atoms with Crippen molar-refractivity contribution in [2.24, 2.45) is 5.92 Å². The number of piperazine rings is 1. The third kappa shape index (κ3) is 4.61. The molecule has 3 aliphatic heterocycles. The van der Waals surface area contributed by atoms with Gasteiger partial charge in [-0.15, -0.1) is 11.3 Å². The molecule has 0 aliphatic carbocycles. The van der Waals surface area contributed by atoms with Crippen molar-refractivity contribution < 1.29 is 31.4 Å².